The van der Waals surface area contributed by atoms with Crippen LogP contribution in [0.5, 0.6) is 5.75 Å². The van der Waals surface area contributed by atoms with Crippen LogP contribution in [0.25, 0.3) is 0 Å². The van der Waals surface area contributed by atoms with E-state index in [9.17, 15) is 32.3 Å². The van der Waals surface area contributed by atoms with Gasteiger partial charge in [-0.05, 0) is 60.2 Å². The summed E-state index contributed by atoms with van der Waals surface area (Å²) >= 11 is 7.94. The van der Waals surface area contributed by atoms with Crippen LogP contribution in [0.2, 0.25) is 5.02 Å². The van der Waals surface area contributed by atoms with Crippen molar-refractivity contribution >= 4 is 63.8 Å². The minimum atomic E-state index is -4.68. The van der Waals surface area contributed by atoms with Crippen molar-refractivity contribution in [3.05, 3.63) is 103 Å². The summed E-state index contributed by atoms with van der Waals surface area (Å²) in [6.45, 7) is -0.367. The standard InChI is InChI=1S/C30H21ClF3N3O5S2/c1-42-20-11-9-18(10-12-20)35-21(38)14-36-28-25(44-29(36)41)22(15-5-7-17(31)8-6-15)23-24(43-28)27(40)37(26(23)39)19-4-2-3-16(13-19)30(32,33)34/h2-13,22-24H,14H2,1H3,(H,35,38)/t22-,23+,24-/m0/s1. The minimum Gasteiger partial charge on any atom is -0.497 e. The molecule has 1 aromatic heterocycles. The van der Waals surface area contributed by atoms with Crippen molar-refractivity contribution in [2.24, 2.45) is 5.92 Å². The van der Waals surface area contributed by atoms with Crippen LogP contribution in [0.3, 0.4) is 0 Å². The maximum atomic E-state index is 13.9. The molecule has 4 aromatic rings. The Morgan fingerprint density at radius 1 is 1.00 bits per heavy atom. The van der Waals surface area contributed by atoms with Crippen molar-refractivity contribution in [2.75, 3.05) is 17.3 Å². The van der Waals surface area contributed by atoms with Crippen LogP contribution in [0.4, 0.5) is 24.5 Å². The fourth-order valence-electron chi connectivity index (χ4n) is 5.38. The Kier molecular flexibility index (Phi) is 7.80. The van der Waals surface area contributed by atoms with Gasteiger partial charge in [-0.15, -0.1) is 0 Å². The van der Waals surface area contributed by atoms with Crippen LogP contribution in [-0.2, 0) is 27.1 Å². The number of amides is 3. The highest BCUT2D eigenvalue weighted by atomic mass is 35.5. The maximum Gasteiger partial charge on any atom is 0.416 e. The number of benzene rings is 3. The zero-order valence-corrected chi connectivity index (χ0v) is 25.0. The molecule has 0 bridgehead atoms. The Labute approximate surface area is 261 Å². The zero-order valence-electron chi connectivity index (χ0n) is 22.6. The fourth-order valence-corrected chi connectivity index (χ4v) is 8.28. The second kappa shape index (κ2) is 11.5. The molecule has 2 aliphatic rings. The van der Waals surface area contributed by atoms with Gasteiger partial charge < -0.3 is 10.1 Å². The molecule has 3 heterocycles. The molecule has 2 aliphatic heterocycles. The normalized spacial score (nSPS) is 19.5. The van der Waals surface area contributed by atoms with E-state index in [-0.39, 0.29) is 12.2 Å². The van der Waals surface area contributed by atoms with Gasteiger partial charge in [0, 0.05) is 21.5 Å². The molecule has 1 N–H and O–H groups in total. The average molecular weight is 660 g/mol. The van der Waals surface area contributed by atoms with E-state index >= 15 is 0 Å². The molecule has 226 valence electrons. The molecule has 0 unspecified atom stereocenters. The first-order valence-electron chi connectivity index (χ1n) is 13.1. The van der Waals surface area contributed by atoms with Gasteiger partial charge in [-0.25, -0.2) is 4.90 Å². The number of nitrogens with zero attached hydrogens (tertiary/aromatic N) is 2. The number of ether oxygens (including phenoxy) is 1. The van der Waals surface area contributed by atoms with Gasteiger partial charge in [0.2, 0.25) is 17.7 Å². The number of fused-ring (bicyclic) bond motifs is 2. The summed E-state index contributed by atoms with van der Waals surface area (Å²) in [6.07, 6.45) is -4.68. The highest BCUT2D eigenvalue weighted by Gasteiger charge is 2.57. The zero-order chi connectivity index (χ0) is 31.3. The monoisotopic (exact) mass is 659 g/mol. The molecule has 8 nitrogen and oxygen atoms in total. The Hall–Kier alpha value is -4.07. The quantitative estimate of drug-likeness (QED) is 0.254. The number of thiazole rings is 1. The lowest BCUT2D eigenvalue weighted by molar-refractivity contribution is -0.137. The number of imide groups is 1. The summed E-state index contributed by atoms with van der Waals surface area (Å²) < 4.78 is 46.8. The van der Waals surface area contributed by atoms with E-state index in [1.165, 1.54) is 17.7 Å². The predicted molar refractivity (Wildman–Crippen MR) is 161 cm³/mol. The van der Waals surface area contributed by atoms with Crippen molar-refractivity contribution < 1.29 is 32.3 Å². The van der Waals surface area contributed by atoms with E-state index in [2.05, 4.69) is 5.32 Å². The van der Waals surface area contributed by atoms with Gasteiger partial charge >= 0.3 is 11.0 Å². The van der Waals surface area contributed by atoms with Gasteiger partial charge in [-0.3, -0.25) is 23.7 Å². The molecule has 0 saturated carbocycles. The van der Waals surface area contributed by atoms with E-state index in [0.717, 1.165) is 46.2 Å². The second-order valence-electron chi connectivity index (χ2n) is 10.1. The molecular formula is C30H21ClF3N3O5S2. The van der Waals surface area contributed by atoms with Crippen molar-refractivity contribution in [2.45, 2.75) is 28.9 Å². The number of aromatic nitrogens is 1. The van der Waals surface area contributed by atoms with Gasteiger partial charge in [0.1, 0.15) is 17.5 Å². The number of hydrogen-bond acceptors (Lipinski definition) is 7. The fraction of sp³-hybridized carbons (Fsp3) is 0.200. The largest absolute Gasteiger partial charge is 0.497 e. The topological polar surface area (TPSA) is 97.7 Å². The summed E-state index contributed by atoms with van der Waals surface area (Å²) in [5, 5.41) is 2.44. The summed E-state index contributed by atoms with van der Waals surface area (Å²) in [6, 6.07) is 17.2. The first-order valence-corrected chi connectivity index (χ1v) is 15.2. The second-order valence-corrected chi connectivity index (χ2v) is 12.6. The van der Waals surface area contributed by atoms with Gasteiger partial charge in [0.05, 0.1) is 29.3 Å². The number of alkyl halides is 3. The van der Waals surface area contributed by atoms with Crippen LogP contribution in [0.15, 0.2) is 82.6 Å². The predicted octanol–water partition coefficient (Wildman–Crippen LogP) is 6.03. The number of anilines is 2. The Morgan fingerprint density at radius 3 is 2.36 bits per heavy atom. The molecule has 0 spiro atoms. The summed E-state index contributed by atoms with van der Waals surface area (Å²) in [5.74, 6) is -3.09. The number of thioether (sulfide) groups is 1. The van der Waals surface area contributed by atoms with Gasteiger partial charge in [0.25, 0.3) is 0 Å². The third-order valence-corrected chi connectivity index (χ3v) is 10.2. The lowest BCUT2D eigenvalue weighted by Crippen LogP contribution is -2.33. The molecular weight excluding hydrogens is 639 g/mol. The van der Waals surface area contributed by atoms with E-state index in [0.29, 0.717) is 31.9 Å². The SMILES string of the molecule is COc1ccc(NC(=O)Cn2c3c(sc2=O)[C@@H](c2ccc(Cl)cc2)[C@H]2C(=O)N(c4cccc(C(F)(F)F)c4)C(=O)[C@H]2S3)cc1. The summed E-state index contributed by atoms with van der Waals surface area (Å²) in [5.41, 5.74) is -0.121. The summed E-state index contributed by atoms with van der Waals surface area (Å²) in [7, 11) is 1.51. The number of hydrogen-bond donors (Lipinski definition) is 1. The molecule has 3 atom stereocenters. The average Bonchev–Trinajstić information content (AvgIpc) is 3.43. The molecule has 3 aromatic carbocycles. The van der Waals surface area contributed by atoms with Crippen molar-refractivity contribution in [3.8, 4) is 5.75 Å². The highest BCUT2D eigenvalue weighted by Crippen LogP contribution is 2.54. The molecule has 0 aliphatic carbocycles. The van der Waals surface area contributed by atoms with Crippen molar-refractivity contribution in [1.82, 2.24) is 4.57 Å². The number of rotatable bonds is 6. The lowest BCUT2D eigenvalue weighted by atomic mass is 9.83. The number of carbonyl (C=O) groups excluding carboxylic acids is 3. The van der Waals surface area contributed by atoms with Crippen LogP contribution < -0.4 is 19.8 Å². The van der Waals surface area contributed by atoms with Crippen LogP contribution in [-0.4, -0.2) is 34.6 Å². The van der Waals surface area contributed by atoms with Crippen LogP contribution in [0, 0.1) is 5.92 Å². The molecule has 6 rings (SSSR count). The van der Waals surface area contributed by atoms with Crippen LogP contribution in [0.1, 0.15) is 21.9 Å². The lowest BCUT2D eigenvalue weighted by Gasteiger charge is -2.30. The van der Waals surface area contributed by atoms with Crippen molar-refractivity contribution in [1.29, 1.82) is 0 Å². The Bertz CT molecular complexity index is 1840. The number of carbonyl (C=O) groups is 3. The number of nitrogens with one attached hydrogen (secondary N) is 1. The maximum absolute atomic E-state index is 13.9. The van der Waals surface area contributed by atoms with Crippen molar-refractivity contribution in [3.63, 3.8) is 0 Å². The first-order chi connectivity index (χ1) is 21.0. The summed E-state index contributed by atoms with van der Waals surface area (Å²) in [4.78, 5) is 54.8. The Balaban J connectivity index is 1.39. The Morgan fingerprint density at radius 2 is 1.70 bits per heavy atom. The number of halogens is 4. The first kappa shape index (κ1) is 30.0. The molecule has 14 heteroatoms. The highest BCUT2D eigenvalue weighted by molar-refractivity contribution is 8.00. The molecule has 3 amide bonds. The molecule has 44 heavy (non-hydrogen) atoms. The molecule has 1 fully saturated rings. The van der Waals surface area contributed by atoms with Gasteiger partial charge in [-0.2, -0.15) is 13.2 Å². The number of methoxy groups -OCH3 is 1. The van der Waals surface area contributed by atoms with E-state index in [4.69, 9.17) is 16.3 Å². The molecule has 1 saturated heterocycles. The third-order valence-electron chi connectivity index (χ3n) is 7.39. The van der Waals surface area contributed by atoms with Gasteiger partial charge in [-0.1, -0.05) is 52.9 Å². The van der Waals surface area contributed by atoms with E-state index < -0.39 is 51.4 Å². The third kappa shape index (κ3) is 5.39. The van der Waals surface area contributed by atoms with Crippen LogP contribution >= 0.6 is 34.7 Å². The minimum absolute atomic E-state index is 0.195. The van der Waals surface area contributed by atoms with Gasteiger partial charge in [0.15, 0.2) is 0 Å². The van der Waals surface area contributed by atoms with E-state index in [1.807, 2.05) is 0 Å². The smallest absolute Gasteiger partial charge is 0.416 e. The molecule has 0 radical (unpaired) electrons. The van der Waals surface area contributed by atoms with E-state index in [1.54, 1.807) is 48.5 Å².